The molecule has 0 amide bonds. The Balaban J connectivity index is 2.14. The molecule has 0 saturated heterocycles. The number of halogens is 1. The van der Waals surface area contributed by atoms with E-state index in [1.807, 2.05) is 30.5 Å². The summed E-state index contributed by atoms with van der Waals surface area (Å²) in [6, 6.07) is 18.5. The normalized spacial score (nSPS) is 11.2. The second-order valence-electron chi connectivity index (χ2n) is 4.62. The van der Waals surface area contributed by atoms with Crippen molar-refractivity contribution in [2.75, 3.05) is 0 Å². The van der Waals surface area contributed by atoms with Gasteiger partial charge in [-0.05, 0) is 40.3 Å². The molecule has 0 atom stereocenters. The second-order valence-corrected chi connectivity index (χ2v) is 5.78. The van der Waals surface area contributed by atoms with Crippen molar-refractivity contribution < 1.29 is 4.42 Å². The van der Waals surface area contributed by atoms with E-state index in [1.54, 1.807) is 0 Å². The third-order valence-corrected chi connectivity index (χ3v) is 4.27. The minimum atomic E-state index is 0.867. The predicted octanol–water partition coefficient (Wildman–Crippen LogP) is 5.25. The zero-order valence-corrected chi connectivity index (χ0v) is 12.7. The van der Waals surface area contributed by atoms with E-state index in [-0.39, 0.29) is 0 Å². The van der Waals surface area contributed by atoms with Crippen LogP contribution in [0.25, 0.3) is 33.2 Å². The number of rotatable bonds is 1. The Labute approximate surface area is 129 Å². The first-order valence-corrected chi connectivity index (χ1v) is 7.43. The monoisotopic (exact) mass is 371 g/mol. The number of nitrogens with zero attached hydrogens (tertiary/aromatic N) is 1. The van der Waals surface area contributed by atoms with Gasteiger partial charge in [-0.15, -0.1) is 0 Å². The molecule has 0 bridgehead atoms. The van der Waals surface area contributed by atoms with Crippen molar-refractivity contribution in [3.05, 3.63) is 64.4 Å². The highest BCUT2D eigenvalue weighted by atomic mass is 127. The summed E-state index contributed by atoms with van der Waals surface area (Å²) >= 11 is 2.29. The van der Waals surface area contributed by atoms with E-state index < -0.39 is 0 Å². The highest BCUT2D eigenvalue weighted by Crippen LogP contribution is 2.35. The summed E-state index contributed by atoms with van der Waals surface area (Å²) in [5, 5.41) is 1.07. The Hall–Kier alpha value is -1.88. The van der Waals surface area contributed by atoms with Crippen LogP contribution in [0.15, 0.2) is 65.2 Å². The van der Waals surface area contributed by atoms with Gasteiger partial charge in [-0.3, -0.25) is 4.98 Å². The molecular formula is C17H10INO. The van der Waals surface area contributed by atoms with Gasteiger partial charge in [0.25, 0.3) is 0 Å². The van der Waals surface area contributed by atoms with Gasteiger partial charge in [0.15, 0.2) is 5.58 Å². The molecule has 0 radical (unpaired) electrons. The van der Waals surface area contributed by atoms with Gasteiger partial charge in [0.2, 0.25) is 0 Å². The molecular weight excluding hydrogens is 361 g/mol. The number of fused-ring (bicyclic) bond motifs is 3. The van der Waals surface area contributed by atoms with E-state index in [0.29, 0.717) is 0 Å². The first-order chi connectivity index (χ1) is 9.84. The summed E-state index contributed by atoms with van der Waals surface area (Å²) in [5.74, 6) is 0. The van der Waals surface area contributed by atoms with Crippen LogP contribution >= 0.6 is 22.6 Å². The maximum atomic E-state index is 6.10. The van der Waals surface area contributed by atoms with Gasteiger partial charge in [0, 0.05) is 17.1 Å². The van der Waals surface area contributed by atoms with E-state index in [9.17, 15) is 0 Å². The van der Waals surface area contributed by atoms with Crippen molar-refractivity contribution in [3.8, 4) is 11.1 Å². The highest BCUT2D eigenvalue weighted by Gasteiger charge is 2.14. The van der Waals surface area contributed by atoms with Crippen LogP contribution in [0.1, 0.15) is 0 Å². The molecule has 0 unspecified atom stereocenters. The summed E-state index contributed by atoms with van der Waals surface area (Å²) < 4.78 is 7.18. The van der Waals surface area contributed by atoms with Gasteiger partial charge >= 0.3 is 0 Å². The molecule has 2 nitrogen and oxygen atoms in total. The topological polar surface area (TPSA) is 26.0 Å². The SMILES string of the molecule is Ic1ccnc2c1oc1c(-c3ccccc3)cccc12. The molecule has 0 fully saturated rings. The van der Waals surface area contributed by atoms with Crippen LogP contribution in [0.4, 0.5) is 0 Å². The molecule has 0 aliphatic rings. The van der Waals surface area contributed by atoms with E-state index >= 15 is 0 Å². The Morgan fingerprint density at radius 1 is 0.850 bits per heavy atom. The minimum absolute atomic E-state index is 0.867. The van der Waals surface area contributed by atoms with Crippen molar-refractivity contribution >= 4 is 44.7 Å². The van der Waals surface area contributed by atoms with Crippen molar-refractivity contribution in [2.24, 2.45) is 0 Å². The number of hydrogen-bond acceptors (Lipinski definition) is 2. The number of aromatic nitrogens is 1. The lowest BCUT2D eigenvalue weighted by Gasteiger charge is -2.01. The maximum absolute atomic E-state index is 6.10. The molecule has 0 saturated carbocycles. The van der Waals surface area contributed by atoms with Gasteiger partial charge < -0.3 is 4.42 Å². The van der Waals surface area contributed by atoms with Crippen LogP contribution in [-0.4, -0.2) is 4.98 Å². The van der Waals surface area contributed by atoms with Crippen molar-refractivity contribution in [2.45, 2.75) is 0 Å². The van der Waals surface area contributed by atoms with Gasteiger partial charge in [0.05, 0.1) is 3.57 Å². The Bertz CT molecular complexity index is 912. The third-order valence-electron chi connectivity index (χ3n) is 3.42. The zero-order valence-electron chi connectivity index (χ0n) is 10.5. The molecule has 0 aliphatic carbocycles. The Morgan fingerprint density at radius 3 is 2.55 bits per heavy atom. The van der Waals surface area contributed by atoms with Crippen molar-refractivity contribution in [1.29, 1.82) is 0 Å². The van der Waals surface area contributed by atoms with E-state index in [4.69, 9.17) is 4.42 Å². The summed E-state index contributed by atoms with van der Waals surface area (Å²) in [5.41, 5.74) is 4.98. The molecule has 20 heavy (non-hydrogen) atoms. The number of furan rings is 1. The lowest BCUT2D eigenvalue weighted by Crippen LogP contribution is -1.78. The quantitative estimate of drug-likeness (QED) is 0.427. The first kappa shape index (κ1) is 11.9. The fourth-order valence-electron chi connectivity index (χ4n) is 2.49. The van der Waals surface area contributed by atoms with Crippen molar-refractivity contribution in [1.82, 2.24) is 4.98 Å². The molecule has 2 aromatic heterocycles. The standard InChI is InChI=1S/C17H10INO/c18-14-9-10-19-15-13-8-4-7-12(16(13)20-17(14)15)11-5-2-1-3-6-11/h1-10H. The molecule has 0 spiro atoms. The van der Waals surface area contributed by atoms with Crippen LogP contribution < -0.4 is 0 Å². The second kappa shape index (κ2) is 4.59. The van der Waals surface area contributed by atoms with Crippen LogP contribution in [-0.2, 0) is 0 Å². The predicted molar refractivity (Wildman–Crippen MR) is 89.7 cm³/mol. The lowest BCUT2D eigenvalue weighted by molar-refractivity contribution is 0.666. The number of pyridine rings is 1. The molecule has 2 heterocycles. The lowest BCUT2D eigenvalue weighted by atomic mass is 10.0. The molecule has 2 aromatic carbocycles. The van der Waals surface area contributed by atoms with Crippen molar-refractivity contribution in [3.63, 3.8) is 0 Å². The molecule has 0 N–H and O–H groups in total. The Kier molecular flexibility index (Phi) is 2.73. The van der Waals surface area contributed by atoms with E-state index in [0.717, 1.165) is 36.8 Å². The summed E-state index contributed by atoms with van der Waals surface area (Å²) in [4.78, 5) is 4.47. The molecule has 96 valence electrons. The fourth-order valence-corrected chi connectivity index (χ4v) is 3.02. The van der Waals surface area contributed by atoms with Crippen LogP contribution in [0.5, 0.6) is 0 Å². The minimum Gasteiger partial charge on any atom is -0.453 e. The molecule has 4 rings (SSSR count). The average molecular weight is 371 g/mol. The highest BCUT2D eigenvalue weighted by molar-refractivity contribution is 14.1. The zero-order chi connectivity index (χ0) is 13.5. The van der Waals surface area contributed by atoms with Gasteiger partial charge in [-0.25, -0.2) is 0 Å². The van der Waals surface area contributed by atoms with Gasteiger partial charge in [-0.2, -0.15) is 0 Å². The number of benzene rings is 2. The third kappa shape index (κ3) is 1.73. The molecule has 0 aliphatic heterocycles. The van der Waals surface area contributed by atoms with E-state index in [2.05, 4.69) is 57.9 Å². The summed E-state index contributed by atoms with van der Waals surface area (Å²) in [7, 11) is 0. The summed E-state index contributed by atoms with van der Waals surface area (Å²) in [6.07, 6.45) is 1.83. The largest absolute Gasteiger partial charge is 0.453 e. The number of hydrogen-bond donors (Lipinski definition) is 0. The van der Waals surface area contributed by atoms with Crippen LogP contribution in [0.2, 0.25) is 0 Å². The van der Waals surface area contributed by atoms with Gasteiger partial charge in [0.1, 0.15) is 11.1 Å². The molecule has 3 heteroatoms. The molecule has 4 aromatic rings. The van der Waals surface area contributed by atoms with E-state index in [1.165, 1.54) is 0 Å². The summed E-state index contributed by atoms with van der Waals surface area (Å²) in [6.45, 7) is 0. The van der Waals surface area contributed by atoms with Crippen LogP contribution in [0, 0.1) is 3.57 Å². The Morgan fingerprint density at radius 2 is 1.70 bits per heavy atom. The average Bonchev–Trinajstić information content (AvgIpc) is 2.88. The number of para-hydroxylation sites is 1. The fraction of sp³-hybridized carbons (Fsp3) is 0. The first-order valence-electron chi connectivity index (χ1n) is 6.36. The van der Waals surface area contributed by atoms with Crippen LogP contribution in [0.3, 0.4) is 0 Å². The maximum Gasteiger partial charge on any atom is 0.167 e. The smallest absolute Gasteiger partial charge is 0.167 e. The van der Waals surface area contributed by atoms with Gasteiger partial charge in [-0.1, -0.05) is 42.5 Å².